The molecular weight excluding hydrogens is 295 g/mol. The van der Waals surface area contributed by atoms with Crippen molar-refractivity contribution < 1.29 is 9.18 Å². The van der Waals surface area contributed by atoms with E-state index in [1.165, 1.54) is 22.2 Å². The lowest BCUT2D eigenvalue weighted by Crippen LogP contribution is -2.53. The van der Waals surface area contributed by atoms with Crippen molar-refractivity contribution in [2.75, 3.05) is 18.4 Å². The first-order valence-corrected chi connectivity index (χ1v) is 8.02. The van der Waals surface area contributed by atoms with Crippen LogP contribution in [0.15, 0.2) is 24.3 Å². The van der Waals surface area contributed by atoms with E-state index in [-0.39, 0.29) is 11.7 Å². The van der Waals surface area contributed by atoms with Gasteiger partial charge in [-0.2, -0.15) is 5.26 Å². The Kier molecular flexibility index (Phi) is 5.80. The van der Waals surface area contributed by atoms with Gasteiger partial charge >= 0.3 is 0 Å². The molecule has 23 heavy (non-hydrogen) atoms. The highest BCUT2D eigenvalue weighted by atomic mass is 19.1. The molecule has 1 atom stereocenters. The lowest BCUT2D eigenvalue weighted by Gasteiger charge is -2.37. The molecule has 1 aliphatic heterocycles. The second-order valence-electron chi connectivity index (χ2n) is 6.23. The second-order valence-corrected chi connectivity index (χ2v) is 6.23. The Morgan fingerprint density at radius 2 is 2.13 bits per heavy atom. The summed E-state index contributed by atoms with van der Waals surface area (Å²) < 4.78 is 13.4. The van der Waals surface area contributed by atoms with Crippen LogP contribution < -0.4 is 5.32 Å². The molecule has 0 radical (unpaired) electrons. The first-order chi connectivity index (χ1) is 11.0. The molecule has 0 spiro atoms. The molecule has 1 amide bonds. The molecule has 124 valence electrons. The zero-order valence-corrected chi connectivity index (χ0v) is 13.6. The lowest BCUT2D eigenvalue weighted by atomic mass is 10.0. The molecule has 0 aromatic heterocycles. The second kappa shape index (κ2) is 7.82. The van der Waals surface area contributed by atoms with Crippen LogP contribution in [0.2, 0.25) is 0 Å². The largest absolute Gasteiger partial charge is 0.374 e. The maximum Gasteiger partial charge on any atom is 0.264 e. The summed E-state index contributed by atoms with van der Waals surface area (Å²) in [6, 6.07) is 5.61. The van der Waals surface area contributed by atoms with Crippen LogP contribution in [0, 0.1) is 23.2 Å². The molecule has 1 unspecified atom stereocenters. The van der Waals surface area contributed by atoms with E-state index in [0.29, 0.717) is 31.1 Å². The molecule has 1 fully saturated rings. The summed E-state index contributed by atoms with van der Waals surface area (Å²) in [6.07, 6.45) is 4.48. The van der Waals surface area contributed by atoms with Crippen LogP contribution in [0.4, 0.5) is 10.1 Å². The van der Waals surface area contributed by atoms with Crippen molar-refractivity contribution in [1.29, 1.82) is 5.26 Å². The number of amides is 1. The SMILES string of the molecule is CC(C)CC(Nc1cccc(F)c1)C(=O)N1CCCCN1C#N. The van der Waals surface area contributed by atoms with Gasteiger partial charge in [-0.1, -0.05) is 19.9 Å². The van der Waals surface area contributed by atoms with Crippen LogP contribution >= 0.6 is 0 Å². The van der Waals surface area contributed by atoms with Crippen LogP contribution in [-0.2, 0) is 4.79 Å². The summed E-state index contributed by atoms with van der Waals surface area (Å²) in [5.41, 5.74) is 0.574. The molecular formula is C17H23FN4O. The topological polar surface area (TPSA) is 59.4 Å². The highest BCUT2D eigenvalue weighted by Gasteiger charge is 2.30. The molecule has 1 aromatic carbocycles. The molecule has 2 rings (SSSR count). The Morgan fingerprint density at radius 3 is 2.78 bits per heavy atom. The van der Waals surface area contributed by atoms with Crippen molar-refractivity contribution in [3.8, 4) is 6.19 Å². The zero-order valence-electron chi connectivity index (χ0n) is 13.6. The predicted octanol–water partition coefficient (Wildman–Crippen LogP) is 2.97. The normalized spacial score (nSPS) is 16.1. The summed E-state index contributed by atoms with van der Waals surface area (Å²) in [5, 5.41) is 15.3. The number of rotatable bonds is 5. The summed E-state index contributed by atoms with van der Waals surface area (Å²) in [7, 11) is 0. The summed E-state index contributed by atoms with van der Waals surface area (Å²) in [4.78, 5) is 12.9. The summed E-state index contributed by atoms with van der Waals surface area (Å²) in [5.74, 6) is -0.183. The van der Waals surface area contributed by atoms with Crippen molar-refractivity contribution in [3.63, 3.8) is 0 Å². The number of benzene rings is 1. The van der Waals surface area contributed by atoms with E-state index in [9.17, 15) is 14.4 Å². The standard InChI is InChI=1S/C17H23FN4O/c1-13(2)10-16(20-15-7-5-6-14(18)11-15)17(23)22-9-4-3-8-21(22)12-19/h5-7,11,13,16,20H,3-4,8-10H2,1-2H3. The van der Waals surface area contributed by atoms with Crippen LogP contribution in [0.3, 0.4) is 0 Å². The minimum atomic E-state index is -0.481. The van der Waals surface area contributed by atoms with E-state index in [1.54, 1.807) is 12.1 Å². The number of halogens is 1. The van der Waals surface area contributed by atoms with E-state index < -0.39 is 6.04 Å². The van der Waals surface area contributed by atoms with Crippen LogP contribution in [0.1, 0.15) is 33.1 Å². The lowest BCUT2D eigenvalue weighted by molar-refractivity contribution is -0.147. The molecule has 1 saturated heterocycles. The Balaban J connectivity index is 2.16. The Bertz CT molecular complexity index is 584. The van der Waals surface area contributed by atoms with Gasteiger partial charge in [0.2, 0.25) is 0 Å². The molecule has 1 aliphatic rings. The molecule has 0 aliphatic carbocycles. The highest BCUT2D eigenvalue weighted by Crippen LogP contribution is 2.19. The van der Waals surface area contributed by atoms with Crippen molar-refractivity contribution in [3.05, 3.63) is 30.1 Å². The minimum Gasteiger partial charge on any atom is -0.374 e. The molecule has 0 bridgehead atoms. The van der Waals surface area contributed by atoms with Crippen molar-refractivity contribution in [2.45, 2.75) is 39.2 Å². The third-order valence-corrected chi connectivity index (χ3v) is 3.82. The number of hydrogen-bond donors (Lipinski definition) is 1. The fraction of sp³-hybridized carbons (Fsp3) is 0.529. The fourth-order valence-electron chi connectivity index (χ4n) is 2.75. The van der Waals surface area contributed by atoms with Gasteiger partial charge in [0.25, 0.3) is 5.91 Å². The number of hydrazine groups is 1. The number of anilines is 1. The molecule has 1 aromatic rings. The Hall–Kier alpha value is -2.29. The van der Waals surface area contributed by atoms with Crippen LogP contribution in [0.25, 0.3) is 0 Å². The van der Waals surface area contributed by atoms with Gasteiger partial charge in [0.15, 0.2) is 6.19 Å². The van der Waals surface area contributed by atoms with Crippen molar-refractivity contribution >= 4 is 11.6 Å². The number of carbonyl (C=O) groups is 1. The Labute approximate surface area is 136 Å². The van der Waals surface area contributed by atoms with Gasteiger partial charge in [-0.15, -0.1) is 0 Å². The molecule has 5 nitrogen and oxygen atoms in total. The first-order valence-electron chi connectivity index (χ1n) is 8.02. The van der Waals surface area contributed by atoms with E-state index in [2.05, 4.69) is 11.5 Å². The monoisotopic (exact) mass is 318 g/mol. The highest BCUT2D eigenvalue weighted by molar-refractivity contribution is 5.84. The predicted molar refractivity (Wildman–Crippen MR) is 86.5 cm³/mol. The quantitative estimate of drug-likeness (QED) is 0.848. The first kappa shape index (κ1) is 17.1. The third-order valence-electron chi connectivity index (χ3n) is 3.82. The summed E-state index contributed by atoms with van der Waals surface area (Å²) in [6.45, 7) is 5.18. The average Bonchev–Trinajstić information content (AvgIpc) is 2.53. The van der Waals surface area contributed by atoms with Gasteiger partial charge in [0.1, 0.15) is 11.9 Å². The number of carbonyl (C=O) groups excluding carboxylic acids is 1. The van der Waals surface area contributed by atoms with Gasteiger partial charge in [0.05, 0.1) is 6.54 Å². The average molecular weight is 318 g/mol. The fourth-order valence-corrected chi connectivity index (χ4v) is 2.75. The maximum atomic E-state index is 13.4. The zero-order chi connectivity index (χ0) is 16.8. The molecule has 0 saturated carbocycles. The van der Waals surface area contributed by atoms with E-state index in [0.717, 1.165) is 12.8 Å². The van der Waals surface area contributed by atoms with Crippen LogP contribution in [0.5, 0.6) is 0 Å². The third kappa shape index (κ3) is 4.59. The smallest absolute Gasteiger partial charge is 0.264 e. The van der Waals surface area contributed by atoms with Gasteiger partial charge in [-0.05, 0) is 43.4 Å². The molecule has 1 heterocycles. The van der Waals surface area contributed by atoms with Crippen LogP contribution in [-0.4, -0.2) is 35.1 Å². The van der Waals surface area contributed by atoms with Gasteiger partial charge in [-0.25, -0.2) is 14.4 Å². The Morgan fingerprint density at radius 1 is 1.39 bits per heavy atom. The number of nitrogens with one attached hydrogen (secondary N) is 1. The van der Waals surface area contributed by atoms with E-state index >= 15 is 0 Å². The van der Waals surface area contributed by atoms with E-state index in [4.69, 9.17) is 0 Å². The number of hydrogen-bond acceptors (Lipinski definition) is 4. The van der Waals surface area contributed by atoms with Gasteiger partial charge < -0.3 is 5.32 Å². The van der Waals surface area contributed by atoms with Gasteiger partial charge in [-0.3, -0.25) is 4.79 Å². The minimum absolute atomic E-state index is 0.135. The van der Waals surface area contributed by atoms with Crippen molar-refractivity contribution in [2.24, 2.45) is 5.92 Å². The molecule has 1 N–H and O–H groups in total. The maximum absolute atomic E-state index is 13.4. The van der Waals surface area contributed by atoms with Gasteiger partial charge in [0, 0.05) is 12.2 Å². The number of nitriles is 1. The van der Waals surface area contributed by atoms with E-state index in [1.807, 2.05) is 13.8 Å². The molecule has 6 heteroatoms. The van der Waals surface area contributed by atoms with Crippen molar-refractivity contribution in [1.82, 2.24) is 10.0 Å². The summed E-state index contributed by atoms with van der Waals surface area (Å²) >= 11 is 0. The number of nitrogens with zero attached hydrogens (tertiary/aromatic N) is 3.